The van der Waals surface area contributed by atoms with Gasteiger partial charge in [0.25, 0.3) is 0 Å². The van der Waals surface area contributed by atoms with Gasteiger partial charge in [-0.3, -0.25) is 0 Å². The molecule has 2 aromatic heterocycles. The van der Waals surface area contributed by atoms with Crippen LogP contribution in [0.4, 0.5) is 0 Å². The molecule has 3 aromatic rings. The number of halogens is 1. The highest BCUT2D eigenvalue weighted by atomic mass is 127. The SMILES string of the molecule is CCc1ccc(-c2cn3ccc(C)cc3n2)cc1.I. The molecular formula is C16H17IN2. The lowest BCUT2D eigenvalue weighted by Crippen LogP contribution is -1.81. The first-order chi connectivity index (χ1) is 8.76. The van der Waals surface area contributed by atoms with Crippen molar-refractivity contribution in [2.24, 2.45) is 0 Å². The summed E-state index contributed by atoms with van der Waals surface area (Å²) >= 11 is 0. The number of rotatable bonds is 2. The zero-order valence-electron chi connectivity index (χ0n) is 11.1. The van der Waals surface area contributed by atoms with Gasteiger partial charge in [-0.05, 0) is 36.6 Å². The summed E-state index contributed by atoms with van der Waals surface area (Å²) in [6, 6.07) is 12.8. The van der Waals surface area contributed by atoms with Gasteiger partial charge in [0.2, 0.25) is 0 Å². The number of aromatic nitrogens is 2. The van der Waals surface area contributed by atoms with E-state index in [-0.39, 0.29) is 24.0 Å². The van der Waals surface area contributed by atoms with Crippen molar-refractivity contribution in [3.05, 3.63) is 59.9 Å². The largest absolute Gasteiger partial charge is 0.306 e. The van der Waals surface area contributed by atoms with Gasteiger partial charge in [0, 0.05) is 18.0 Å². The van der Waals surface area contributed by atoms with Crippen molar-refractivity contribution in [1.82, 2.24) is 9.38 Å². The van der Waals surface area contributed by atoms with Crippen LogP contribution in [-0.2, 0) is 6.42 Å². The number of pyridine rings is 1. The minimum atomic E-state index is 0. The van der Waals surface area contributed by atoms with Crippen LogP contribution in [-0.4, -0.2) is 9.38 Å². The fourth-order valence-corrected chi connectivity index (χ4v) is 2.13. The van der Waals surface area contributed by atoms with Gasteiger partial charge in [0.1, 0.15) is 5.65 Å². The Hall–Kier alpha value is -1.36. The van der Waals surface area contributed by atoms with Crippen LogP contribution in [0.25, 0.3) is 16.9 Å². The number of imidazole rings is 1. The molecule has 2 nitrogen and oxygen atoms in total. The molecule has 0 amide bonds. The van der Waals surface area contributed by atoms with E-state index in [2.05, 4.69) is 72.0 Å². The third-order valence-corrected chi connectivity index (χ3v) is 3.27. The van der Waals surface area contributed by atoms with E-state index in [0.717, 1.165) is 17.8 Å². The smallest absolute Gasteiger partial charge is 0.137 e. The number of nitrogens with zero attached hydrogens (tertiary/aromatic N) is 2. The Morgan fingerprint density at radius 3 is 2.53 bits per heavy atom. The molecule has 0 N–H and O–H groups in total. The summed E-state index contributed by atoms with van der Waals surface area (Å²) in [6.07, 6.45) is 5.21. The van der Waals surface area contributed by atoms with E-state index in [1.54, 1.807) is 0 Å². The Bertz CT molecular complexity index is 684. The minimum absolute atomic E-state index is 0. The summed E-state index contributed by atoms with van der Waals surface area (Å²) in [5.74, 6) is 0. The number of hydrogen-bond acceptors (Lipinski definition) is 1. The first kappa shape index (κ1) is 14.1. The van der Waals surface area contributed by atoms with Gasteiger partial charge in [-0.2, -0.15) is 0 Å². The van der Waals surface area contributed by atoms with Gasteiger partial charge in [-0.1, -0.05) is 31.2 Å². The summed E-state index contributed by atoms with van der Waals surface area (Å²) in [6.45, 7) is 4.26. The van der Waals surface area contributed by atoms with Gasteiger partial charge in [0.05, 0.1) is 5.69 Å². The second-order valence-corrected chi connectivity index (χ2v) is 4.65. The molecule has 2 heterocycles. The first-order valence-corrected chi connectivity index (χ1v) is 6.31. The molecule has 0 aliphatic carbocycles. The van der Waals surface area contributed by atoms with Crippen molar-refractivity contribution in [2.75, 3.05) is 0 Å². The van der Waals surface area contributed by atoms with E-state index in [0.29, 0.717) is 0 Å². The highest BCUT2D eigenvalue weighted by Gasteiger charge is 2.04. The number of fused-ring (bicyclic) bond motifs is 1. The van der Waals surface area contributed by atoms with E-state index < -0.39 is 0 Å². The normalized spacial score (nSPS) is 10.4. The summed E-state index contributed by atoms with van der Waals surface area (Å²) in [5.41, 5.74) is 5.81. The molecule has 3 rings (SSSR count). The van der Waals surface area contributed by atoms with E-state index in [1.807, 2.05) is 0 Å². The summed E-state index contributed by atoms with van der Waals surface area (Å²) in [7, 11) is 0. The third-order valence-electron chi connectivity index (χ3n) is 3.27. The van der Waals surface area contributed by atoms with E-state index in [9.17, 15) is 0 Å². The maximum absolute atomic E-state index is 4.66. The van der Waals surface area contributed by atoms with E-state index in [4.69, 9.17) is 0 Å². The highest BCUT2D eigenvalue weighted by Crippen LogP contribution is 2.20. The Balaban J connectivity index is 0.00000133. The van der Waals surface area contributed by atoms with Gasteiger partial charge < -0.3 is 4.40 Å². The molecule has 0 aliphatic heterocycles. The van der Waals surface area contributed by atoms with Gasteiger partial charge >= 0.3 is 0 Å². The van der Waals surface area contributed by atoms with Crippen molar-refractivity contribution in [3.8, 4) is 11.3 Å². The molecule has 0 spiro atoms. The fourth-order valence-electron chi connectivity index (χ4n) is 2.13. The average molecular weight is 364 g/mol. The minimum Gasteiger partial charge on any atom is -0.306 e. The van der Waals surface area contributed by atoms with Crippen molar-refractivity contribution in [1.29, 1.82) is 0 Å². The van der Waals surface area contributed by atoms with Crippen LogP contribution in [0.2, 0.25) is 0 Å². The maximum atomic E-state index is 4.66. The highest BCUT2D eigenvalue weighted by molar-refractivity contribution is 14.0. The lowest BCUT2D eigenvalue weighted by molar-refractivity contribution is 1.14. The fraction of sp³-hybridized carbons (Fsp3) is 0.188. The van der Waals surface area contributed by atoms with Crippen LogP contribution in [0.15, 0.2) is 48.8 Å². The molecule has 0 saturated carbocycles. The zero-order chi connectivity index (χ0) is 12.5. The van der Waals surface area contributed by atoms with E-state index in [1.165, 1.54) is 16.7 Å². The quantitative estimate of drug-likeness (QED) is 0.613. The molecule has 0 bridgehead atoms. The predicted molar refractivity (Wildman–Crippen MR) is 90.2 cm³/mol. The lowest BCUT2D eigenvalue weighted by atomic mass is 10.1. The van der Waals surface area contributed by atoms with Crippen molar-refractivity contribution in [3.63, 3.8) is 0 Å². The molecule has 98 valence electrons. The molecule has 1 aromatic carbocycles. The second kappa shape index (κ2) is 5.74. The molecule has 0 radical (unpaired) electrons. The predicted octanol–water partition coefficient (Wildman–Crippen LogP) is 4.49. The molecule has 3 heteroatoms. The van der Waals surface area contributed by atoms with Crippen LogP contribution in [0.5, 0.6) is 0 Å². The Morgan fingerprint density at radius 1 is 1.11 bits per heavy atom. The molecule has 19 heavy (non-hydrogen) atoms. The second-order valence-electron chi connectivity index (χ2n) is 4.65. The van der Waals surface area contributed by atoms with Gasteiger partial charge in [0.15, 0.2) is 0 Å². The van der Waals surface area contributed by atoms with Gasteiger partial charge in [-0.25, -0.2) is 4.98 Å². The first-order valence-electron chi connectivity index (χ1n) is 6.31. The average Bonchev–Trinajstić information content (AvgIpc) is 2.81. The lowest BCUT2D eigenvalue weighted by Gasteiger charge is -1.98. The molecule has 0 aliphatic rings. The standard InChI is InChI=1S/C16H16N2.HI/c1-3-13-4-6-14(7-5-13)15-11-18-9-8-12(2)10-16(18)17-15;/h4-11H,3H2,1-2H3;1H. The monoisotopic (exact) mass is 364 g/mol. The van der Waals surface area contributed by atoms with Crippen LogP contribution >= 0.6 is 24.0 Å². The van der Waals surface area contributed by atoms with Crippen LogP contribution in [0, 0.1) is 6.92 Å². The topological polar surface area (TPSA) is 17.3 Å². The van der Waals surface area contributed by atoms with Crippen molar-refractivity contribution in [2.45, 2.75) is 20.3 Å². The molecule has 0 fully saturated rings. The van der Waals surface area contributed by atoms with Crippen LogP contribution < -0.4 is 0 Å². The molecule has 0 saturated heterocycles. The number of aryl methyl sites for hydroxylation is 2. The number of hydrogen-bond donors (Lipinski definition) is 0. The van der Waals surface area contributed by atoms with Gasteiger partial charge in [-0.15, -0.1) is 24.0 Å². The van der Waals surface area contributed by atoms with Crippen molar-refractivity contribution >= 4 is 29.6 Å². The van der Waals surface area contributed by atoms with Crippen LogP contribution in [0.1, 0.15) is 18.1 Å². The Kier molecular flexibility index (Phi) is 4.24. The summed E-state index contributed by atoms with van der Waals surface area (Å²) in [4.78, 5) is 4.66. The van der Waals surface area contributed by atoms with E-state index >= 15 is 0 Å². The zero-order valence-corrected chi connectivity index (χ0v) is 13.5. The maximum Gasteiger partial charge on any atom is 0.137 e. The van der Waals surface area contributed by atoms with Crippen LogP contribution in [0.3, 0.4) is 0 Å². The Labute approximate surface area is 130 Å². The molecule has 0 unspecified atom stereocenters. The van der Waals surface area contributed by atoms with Crippen molar-refractivity contribution < 1.29 is 0 Å². The molecular weight excluding hydrogens is 347 g/mol. The number of benzene rings is 1. The molecule has 0 atom stereocenters. The third kappa shape index (κ3) is 2.81. The summed E-state index contributed by atoms with van der Waals surface area (Å²) in [5, 5.41) is 0. The summed E-state index contributed by atoms with van der Waals surface area (Å²) < 4.78 is 2.07. The Morgan fingerprint density at radius 2 is 1.84 bits per heavy atom.